The van der Waals surface area contributed by atoms with Crippen molar-refractivity contribution in [2.45, 2.75) is 51.2 Å². The Morgan fingerprint density at radius 3 is 2.73 bits per heavy atom. The average Bonchev–Trinajstić information content (AvgIpc) is 3.18. The van der Waals surface area contributed by atoms with E-state index in [0.29, 0.717) is 37.2 Å². The minimum absolute atomic E-state index is 0.0532. The smallest absolute Gasteiger partial charge is 0.298 e. The number of ether oxygens (including phenoxy) is 2. The van der Waals surface area contributed by atoms with Crippen molar-refractivity contribution in [1.29, 1.82) is 0 Å². The summed E-state index contributed by atoms with van der Waals surface area (Å²) in [5.41, 5.74) is 0.854. The maximum absolute atomic E-state index is 14.7. The Hall–Kier alpha value is -2.94. The van der Waals surface area contributed by atoms with Gasteiger partial charge < -0.3 is 24.1 Å². The van der Waals surface area contributed by atoms with Gasteiger partial charge in [0, 0.05) is 38.0 Å². The Balaban J connectivity index is 1.28. The Bertz CT molecular complexity index is 1120. The van der Waals surface area contributed by atoms with Crippen LogP contribution in [-0.2, 0) is 11.2 Å². The fraction of sp³-hybridized carbons (Fsp3) is 0.500. The van der Waals surface area contributed by atoms with Crippen LogP contribution < -0.4 is 15.0 Å². The number of rotatable bonds is 8. The van der Waals surface area contributed by atoms with Gasteiger partial charge in [-0.3, -0.25) is 4.79 Å². The fourth-order valence-electron chi connectivity index (χ4n) is 4.62. The molecule has 2 aliphatic carbocycles. The van der Waals surface area contributed by atoms with E-state index in [-0.39, 0.29) is 28.8 Å². The number of carbonyl (C=O) groups is 1. The molecule has 0 spiro atoms. The van der Waals surface area contributed by atoms with Crippen LogP contribution in [0.15, 0.2) is 28.2 Å². The third-order valence-electron chi connectivity index (χ3n) is 6.85. The van der Waals surface area contributed by atoms with Gasteiger partial charge >= 0.3 is 0 Å². The normalized spacial score (nSPS) is 22.5. The summed E-state index contributed by atoms with van der Waals surface area (Å²) in [6, 6.07) is 2.24. The third kappa shape index (κ3) is 3.99. The Labute approximate surface area is 190 Å². The largest absolute Gasteiger partial charge is 0.487 e. The zero-order valence-corrected chi connectivity index (χ0v) is 18.9. The molecule has 2 aromatic rings. The van der Waals surface area contributed by atoms with E-state index in [1.54, 1.807) is 7.11 Å². The highest BCUT2D eigenvalue weighted by atomic mass is 19.1. The minimum Gasteiger partial charge on any atom is -0.487 e. The Kier molecular flexibility index (Phi) is 5.39. The fourth-order valence-corrected chi connectivity index (χ4v) is 4.62. The molecule has 9 heteroatoms. The SMILES string of the molecule is CCc1oc(N2CC(CC)(OC)C2)nc1C(=O)Nc1cc(F)c(O[C@H]2CC3=CC3C2)cc1F. The predicted molar refractivity (Wildman–Crippen MR) is 118 cm³/mol. The van der Waals surface area contributed by atoms with Crippen LogP contribution in [0.4, 0.5) is 20.5 Å². The second-order valence-corrected chi connectivity index (χ2v) is 8.96. The molecule has 1 aliphatic heterocycles. The van der Waals surface area contributed by atoms with Crippen molar-refractivity contribution in [3.63, 3.8) is 0 Å². The molecule has 33 heavy (non-hydrogen) atoms. The highest BCUT2D eigenvalue weighted by molar-refractivity contribution is 6.03. The quantitative estimate of drug-likeness (QED) is 0.587. The van der Waals surface area contributed by atoms with E-state index in [1.165, 1.54) is 5.57 Å². The lowest BCUT2D eigenvalue weighted by Crippen LogP contribution is -2.62. The predicted octanol–water partition coefficient (Wildman–Crippen LogP) is 4.48. The van der Waals surface area contributed by atoms with E-state index in [9.17, 15) is 13.6 Å². The van der Waals surface area contributed by atoms with Gasteiger partial charge in [0.2, 0.25) is 0 Å². The van der Waals surface area contributed by atoms with Crippen molar-refractivity contribution in [2.24, 2.45) is 5.92 Å². The summed E-state index contributed by atoms with van der Waals surface area (Å²) in [6.45, 7) is 5.08. The van der Waals surface area contributed by atoms with Crippen LogP contribution in [0.2, 0.25) is 0 Å². The van der Waals surface area contributed by atoms with E-state index in [4.69, 9.17) is 13.9 Å². The van der Waals surface area contributed by atoms with E-state index >= 15 is 0 Å². The molecule has 2 fully saturated rings. The van der Waals surface area contributed by atoms with Crippen LogP contribution in [0.3, 0.4) is 0 Å². The number of allylic oxidation sites excluding steroid dienone is 1. The molecule has 176 valence electrons. The van der Waals surface area contributed by atoms with Crippen LogP contribution in [0, 0.1) is 17.6 Å². The summed E-state index contributed by atoms with van der Waals surface area (Å²) in [7, 11) is 1.67. The third-order valence-corrected chi connectivity index (χ3v) is 6.85. The van der Waals surface area contributed by atoms with Gasteiger partial charge in [-0.15, -0.1) is 0 Å². The van der Waals surface area contributed by atoms with E-state index < -0.39 is 17.5 Å². The van der Waals surface area contributed by atoms with Crippen molar-refractivity contribution in [1.82, 2.24) is 4.98 Å². The maximum Gasteiger partial charge on any atom is 0.298 e. The number of nitrogens with one attached hydrogen (secondary N) is 1. The van der Waals surface area contributed by atoms with Gasteiger partial charge in [-0.1, -0.05) is 25.5 Å². The highest BCUT2D eigenvalue weighted by Crippen LogP contribution is 2.45. The number of nitrogens with zero attached hydrogens (tertiary/aromatic N) is 2. The molecule has 2 atom stereocenters. The van der Waals surface area contributed by atoms with E-state index in [2.05, 4.69) is 16.4 Å². The highest BCUT2D eigenvalue weighted by Gasteiger charge is 2.44. The lowest BCUT2D eigenvalue weighted by atomic mass is 9.91. The number of oxazole rings is 1. The van der Waals surface area contributed by atoms with Gasteiger partial charge in [-0.2, -0.15) is 4.98 Å². The Morgan fingerprint density at radius 2 is 2.09 bits per heavy atom. The molecule has 1 aromatic carbocycles. The molecule has 1 saturated carbocycles. The van der Waals surface area contributed by atoms with Gasteiger partial charge in [-0.05, 0) is 12.8 Å². The van der Waals surface area contributed by atoms with Crippen molar-refractivity contribution in [3.05, 3.63) is 46.9 Å². The summed E-state index contributed by atoms with van der Waals surface area (Å²) in [5.74, 6) is -1.47. The molecule has 1 saturated heterocycles. The first-order valence-electron chi connectivity index (χ1n) is 11.3. The number of fused-ring (bicyclic) bond motifs is 1. The van der Waals surface area contributed by atoms with E-state index in [1.807, 2.05) is 18.7 Å². The minimum atomic E-state index is -0.778. The summed E-state index contributed by atoms with van der Waals surface area (Å²) < 4.78 is 46.2. The zero-order chi connectivity index (χ0) is 23.3. The number of benzene rings is 1. The number of hydrogen-bond donors (Lipinski definition) is 1. The molecule has 1 unspecified atom stereocenters. The van der Waals surface area contributed by atoms with Crippen LogP contribution >= 0.6 is 0 Å². The number of aromatic nitrogens is 1. The first-order valence-corrected chi connectivity index (χ1v) is 11.3. The molecule has 7 nitrogen and oxygen atoms in total. The molecule has 0 radical (unpaired) electrons. The maximum atomic E-state index is 14.7. The standard InChI is InChI=1S/C24H27F2N3O4/c1-4-19-21(28-23(33-19)29-11-24(5-2,12-29)31-3)22(30)27-18-9-17(26)20(10-16(18)25)32-15-7-13-6-14(13)8-15/h6,9-10,13,15H,4-5,7-8,11-12H2,1-3H3,(H,27,30)/t13?,15-/m1/s1. The number of carbonyl (C=O) groups excluding carboxylic acids is 1. The number of amides is 1. The van der Waals surface area contributed by atoms with E-state index in [0.717, 1.165) is 31.4 Å². The van der Waals surface area contributed by atoms with Crippen molar-refractivity contribution >= 4 is 17.6 Å². The molecule has 0 bridgehead atoms. The average molecular weight is 459 g/mol. The van der Waals surface area contributed by atoms with Crippen molar-refractivity contribution in [2.75, 3.05) is 30.4 Å². The lowest BCUT2D eigenvalue weighted by Gasteiger charge is -2.47. The van der Waals surface area contributed by atoms with Crippen LogP contribution in [0.1, 0.15) is 49.4 Å². The van der Waals surface area contributed by atoms with Gasteiger partial charge in [-0.25, -0.2) is 8.78 Å². The summed E-state index contributed by atoms with van der Waals surface area (Å²) >= 11 is 0. The van der Waals surface area contributed by atoms with Crippen LogP contribution in [0.5, 0.6) is 5.75 Å². The Morgan fingerprint density at radius 1 is 1.30 bits per heavy atom. The topological polar surface area (TPSA) is 76.8 Å². The van der Waals surface area contributed by atoms with Gasteiger partial charge in [0.15, 0.2) is 23.1 Å². The summed E-state index contributed by atoms with van der Waals surface area (Å²) in [4.78, 5) is 19.1. The molecule has 1 amide bonds. The molecule has 3 aliphatic rings. The number of halogens is 2. The summed E-state index contributed by atoms with van der Waals surface area (Å²) in [5, 5.41) is 2.42. The van der Waals surface area contributed by atoms with Crippen LogP contribution in [-0.4, -0.2) is 42.8 Å². The molecular formula is C24H27F2N3O4. The van der Waals surface area contributed by atoms with Crippen molar-refractivity contribution < 1.29 is 27.5 Å². The first-order chi connectivity index (χ1) is 15.8. The van der Waals surface area contributed by atoms with Gasteiger partial charge in [0.25, 0.3) is 11.9 Å². The van der Waals surface area contributed by atoms with Crippen molar-refractivity contribution in [3.8, 4) is 5.75 Å². The molecule has 1 aromatic heterocycles. The number of aryl methyl sites for hydroxylation is 1. The number of hydrogen-bond acceptors (Lipinski definition) is 6. The lowest BCUT2D eigenvalue weighted by molar-refractivity contribution is -0.0379. The zero-order valence-electron chi connectivity index (χ0n) is 18.9. The second kappa shape index (κ2) is 8.13. The first kappa shape index (κ1) is 21.9. The molecule has 2 heterocycles. The van der Waals surface area contributed by atoms with Crippen LogP contribution in [0.25, 0.3) is 0 Å². The number of methoxy groups -OCH3 is 1. The van der Waals surface area contributed by atoms with Gasteiger partial charge in [0.1, 0.15) is 17.5 Å². The number of anilines is 2. The second-order valence-electron chi connectivity index (χ2n) is 8.96. The van der Waals surface area contributed by atoms with Gasteiger partial charge in [0.05, 0.1) is 18.8 Å². The molecular weight excluding hydrogens is 432 g/mol. The molecule has 1 N–H and O–H groups in total. The molecule has 5 rings (SSSR count). The monoisotopic (exact) mass is 459 g/mol. The summed E-state index contributed by atoms with van der Waals surface area (Å²) in [6.07, 6.45) is 4.84.